The van der Waals surface area contributed by atoms with Crippen LogP contribution in [-0.4, -0.2) is 28.9 Å². The Balaban J connectivity index is 1.75. The number of carbonyl (C=O) groups excluding carboxylic acids is 2. The third kappa shape index (κ3) is 6.37. The first kappa shape index (κ1) is 22.0. The smallest absolute Gasteiger partial charge is 0.337 e. The summed E-state index contributed by atoms with van der Waals surface area (Å²) in [5.74, 6) is -0.483. The average Bonchev–Trinajstić information content (AvgIpc) is 2.83. The van der Waals surface area contributed by atoms with Crippen molar-refractivity contribution in [3.63, 3.8) is 0 Å². The number of hydrogen-bond acceptors (Lipinski definition) is 4. The number of aryl methyl sites for hydroxylation is 1. The van der Waals surface area contributed by atoms with Gasteiger partial charge in [0.2, 0.25) is 5.91 Å². The predicted octanol–water partition coefficient (Wildman–Crippen LogP) is 4.67. The van der Waals surface area contributed by atoms with Crippen LogP contribution in [0.2, 0.25) is 0 Å². The minimum Gasteiger partial charge on any atom is -0.465 e. The predicted molar refractivity (Wildman–Crippen MR) is 121 cm³/mol. The van der Waals surface area contributed by atoms with Gasteiger partial charge in [-0.2, -0.15) is 0 Å². The van der Waals surface area contributed by atoms with E-state index in [0.717, 1.165) is 23.1 Å². The van der Waals surface area contributed by atoms with Crippen molar-refractivity contribution in [2.24, 2.45) is 0 Å². The summed E-state index contributed by atoms with van der Waals surface area (Å²) in [6, 6.07) is 19.1. The zero-order chi connectivity index (χ0) is 22.1. The molecule has 5 nitrogen and oxygen atoms in total. The molecule has 0 radical (unpaired) electrons. The number of ether oxygens (including phenoxy) is 1. The minimum atomic E-state index is -0.386. The van der Waals surface area contributed by atoms with E-state index in [0.29, 0.717) is 18.7 Å². The van der Waals surface area contributed by atoms with Crippen molar-refractivity contribution >= 4 is 18.0 Å². The fraction of sp³-hybridized carbons (Fsp3) is 0.192. The van der Waals surface area contributed by atoms with E-state index in [1.165, 1.54) is 12.7 Å². The Morgan fingerprint density at radius 2 is 1.61 bits per heavy atom. The van der Waals surface area contributed by atoms with Gasteiger partial charge in [-0.3, -0.25) is 9.78 Å². The number of methoxy groups -OCH3 is 1. The molecule has 0 atom stereocenters. The van der Waals surface area contributed by atoms with Gasteiger partial charge < -0.3 is 9.64 Å². The summed E-state index contributed by atoms with van der Waals surface area (Å²) >= 11 is 0. The second-order valence-corrected chi connectivity index (χ2v) is 7.17. The van der Waals surface area contributed by atoms with Crippen LogP contribution in [0.4, 0.5) is 0 Å². The van der Waals surface area contributed by atoms with Crippen LogP contribution in [0.15, 0.2) is 79.1 Å². The summed E-state index contributed by atoms with van der Waals surface area (Å²) in [5.41, 5.74) is 4.61. The van der Waals surface area contributed by atoms with Gasteiger partial charge >= 0.3 is 5.97 Å². The Kier molecular flexibility index (Phi) is 7.71. The third-order valence-electron chi connectivity index (χ3n) is 4.96. The first-order valence-corrected chi connectivity index (χ1v) is 10.2. The average molecular weight is 415 g/mol. The fourth-order valence-corrected chi connectivity index (χ4v) is 3.15. The highest BCUT2D eigenvalue weighted by atomic mass is 16.5. The Bertz CT molecular complexity index is 1030. The van der Waals surface area contributed by atoms with Crippen molar-refractivity contribution in [1.82, 2.24) is 9.88 Å². The summed E-state index contributed by atoms with van der Waals surface area (Å²) in [4.78, 5) is 30.5. The third-order valence-corrected chi connectivity index (χ3v) is 4.96. The number of amides is 1. The Morgan fingerprint density at radius 3 is 2.23 bits per heavy atom. The van der Waals surface area contributed by atoms with Crippen LogP contribution < -0.4 is 0 Å². The van der Waals surface area contributed by atoms with Crippen molar-refractivity contribution in [2.45, 2.75) is 26.4 Å². The molecule has 5 heteroatoms. The first-order chi connectivity index (χ1) is 15.1. The number of benzene rings is 2. The molecule has 3 rings (SSSR count). The Labute approximate surface area is 183 Å². The van der Waals surface area contributed by atoms with E-state index < -0.39 is 0 Å². The van der Waals surface area contributed by atoms with Crippen molar-refractivity contribution in [1.29, 1.82) is 0 Å². The van der Waals surface area contributed by atoms with E-state index in [2.05, 4.69) is 36.2 Å². The van der Waals surface area contributed by atoms with E-state index in [1.54, 1.807) is 53.7 Å². The largest absolute Gasteiger partial charge is 0.465 e. The molecule has 0 aliphatic carbocycles. The molecule has 0 aliphatic heterocycles. The van der Waals surface area contributed by atoms with Crippen molar-refractivity contribution in [2.75, 3.05) is 7.11 Å². The van der Waals surface area contributed by atoms with Crippen molar-refractivity contribution < 1.29 is 14.3 Å². The second kappa shape index (κ2) is 10.9. The maximum absolute atomic E-state index is 13.0. The molecule has 0 bridgehead atoms. The second-order valence-electron chi connectivity index (χ2n) is 7.17. The Hall–Kier alpha value is -3.73. The van der Waals surface area contributed by atoms with Crippen LogP contribution in [0.5, 0.6) is 0 Å². The lowest BCUT2D eigenvalue weighted by atomic mass is 10.1. The van der Waals surface area contributed by atoms with Crippen LogP contribution in [-0.2, 0) is 29.0 Å². The van der Waals surface area contributed by atoms with E-state index in [9.17, 15) is 9.59 Å². The van der Waals surface area contributed by atoms with Crippen LogP contribution in [0, 0.1) is 0 Å². The first-order valence-electron chi connectivity index (χ1n) is 10.2. The summed E-state index contributed by atoms with van der Waals surface area (Å²) in [6.07, 6.45) is 7.78. The maximum Gasteiger partial charge on any atom is 0.337 e. The van der Waals surface area contributed by atoms with Gasteiger partial charge in [-0.15, -0.1) is 0 Å². The van der Waals surface area contributed by atoms with Crippen molar-refractivity contribution in [3.05, 3.63) is 107 Å². The molecule has 3 aromatic rings. The van der Waals surface area contributed by atoms with E-state index in [-0.39, 0.29) is 11.9 Å². The molecule has 0 saturated carbocycles. The summed E-state index contributed by atoms with van der Waals surface area (Å²) in [6.45, 7) is 3.09. The molecule has 0 N–H and O–H groups in total. The number of pyridine rings is 1. The van der Waals surface area contributed by atoms with Gasteiger partial charge in [0.15, 0.2) is 0 Å². The molecule has 0 spiro atoms. The van der Waals surface area contributed by atoms with Crippen LogP contribution >= 0.6 is 0 Å². The number of esters is 1. The quantitative estimate of drug-likeness (QED) is 0.397. The molecule has 2 aromatic carbocycles. The molecule has 31 heavy (non-hydrogen) atoms. The Morgan fingerprint density at radius 1 is 0.935 bits per heavy atom. The number of carbonyl (C=O) groups is 2. The SMILES string of the molecule is CCc1ccc(CN(Cc2cccnc2)C(=O)/C=C/c2ccc(C(=O)OC)cc2)cc1. The zero-order valence-electron chi connectivity index (χ0n) is 17.8. The number of nitrogens with zero attached hydrogens (tertiary/aromatic N) is 2. The van der Waals surface area contributed by atoms with Gasteiger partial charge in [-0.05, 0) is 52.9 Å². The van der Waals surface area contributed by atoms with Crippen LogP contribution in [0.3, 0.4) is 0 Å². The fourth-order valence-electron chi connectivity index (χ4n) is 3.15. The molecule has 1 aromatic heterocycles. The number of aromatic nitrogens is 1. The van der Waals surface area contributed by atoms with E-state index >= 15 is 0 Å². The molecule has 0 unspecified atom stereocenters. The zero-order valence-corrected chi connectivity index (χ0v) is 17.8. The molecule has 0 fully saturated rings. The number of rotatable bonds is 8. The highest BCUT2D eigenvalue weighted by molar-refractivity contribution is 5.92. The van der Waals surface area contributed by atoms with Gasteiger partial charge in [0.25, 0.3) is 0 Å². The van der Waals surface area contributed by atoms with Crippen LogP contribution in [0.25, 0.3) is 6.08 Å². The standard InChI is InChI=1S/C26H26N2O3/c1-3-20-6-8-22(9-7-20)18-28(19-23-5-4-16-27-17-23)25(29)15-12-21-10-13-24(14-11-21)26(30)31-2/h4-17H,3,18-19H2,1-2H3/b15-12+. The topological polar surface area (TPSA) is 59.5 Å². The van der Waals surface area contributed by atoms with Crippen molar-refractivity contribution in [3.8, 4) is 0 Å². The highest BCUT2D eigenvalue weighted by Crippen LogP contribution is 2.13. The normalized spacial score (nSPS) is 10.8. The monoisotopic (exact) mass is 414 g/mol. The van der Waals surface area contributed by atoms with Gasteiger partial charge in [0.05, 0.1) is 12.7 Å². The molecular weight excluding hydrogens is 388 g/mol. The van der Waals surface area contributed by atoms with Gasteiger partial charge in [-0.25, -0.2) is 4.79 Å². The summed E-state index contributed by atoms with van der Waals surface area (Å²) in [5, 5.41) is 0. The maximum atomic E-state index is 13.0. The van der Waals surface area contributed by atoms with E-state index in [1.807, 2.05) is 12.1 Å². The number of hydrogen-bond donors (Lipinski definition) is 0. The molecular formula is C26H26N2O3. The lowest BCUT2D eigenvalue weighted by Gasteiger charge is -2.21. The lowest BCUT2D eigenvalue weighted by molar-refractivity contribution is -0.127. The van der Waals surface area contributed by atoms with Crippen LogP contribution in [0.1, 0.15) is 39.5 Å². The highest BCUT2D eigenvalue weighted by Gasteiger charge is 2.13. The molecule has 0 aliphatic rings. The van der Waals surface area contributed by atoms with Gasteiger partial charge in [0.1, 0.15) is 0 Å². The summed E-state index contributed by atoms with van der Waals surface area (Å²) < 4.78 is 4.71. The van der Waals surface area contributed by atoms with Gasteiger partial charge in [-0.1, -0.05) is 49.4 Å². The van der Waals surface area contributed by atoms with E-state index in [4.69, 9.17) is 4.74 Å². The van der Waals surface area contributed by atoms with Gasteiger partial charge in [0, 0.05) is 31.6 Å². The minimum absolute atomic E-state index is 0.0968. The molecule has 158 valence electrons. The molecule has 1 amide bonds. The molecule has 1 heterocycles. The lowest BCUT2D eigenvalue weighted by Crippen LogP contribution is -2.28. The molecule has 0 saturated heterocycles. The summed E-state index contributed by atoms with van der Waals surface area (Å²) in [7, 11) is 1.35.